The fourth-order valence-corrected chi connectivity index (χ4v) is 12.2. The topological polar surface area (TPSA) is 30.7 Å². The Hall–Kier alpha value is -5.36. The smallest absolute Gasteiger partial charge is 0.160 e. The molecule has 9 aromatic rings. The lowest BCUT2D eigenvalue weighted by molar-refractivity contribution is 1.19. The highest BCUT2D eigenvalue weighted by molar-refractivity contribution is 7.26. The molecule has 0 radical (unpaired) electrons. The van der Waals surface area contributed by atoms with Crippen LogP contribution in [0.5, 0.6) is 0 Å². The third-order valence-electron chi connectivity index (χ3n) is 9.98. The molecule has 0 saturated heterocycles. The van der Waals surface area contributed by atoms with Gasteiger partial charge in [-0.15, -0.1) is 11.3 Å². The van der Waals surface area contributed by atoms with Gasteiger partial charge in [0, 0.05) is 47.8 Å². The van der Waals surface area contributed by atoms with Gasteiger partial charge in [-0.3, -0.25) is 0 Å². The first-order chi connectivity index (χ1) is 23.1. The van der Waals surface area contributed by atoms with Crippen LogP contribution < -0.4 is 10.4 Å². The van der Waals surface area contributed by atoms with Crippen LogP contribution in [-0.2, 0) is 0 Å². The Morgan fingerprint density at radius 2 is 1.26 bits per heavy atom. The maximum atomic E-state index is 5.33. The lowest BCUT2D eigenvalue weighted by Crippen LogP contribution is -2.50. The molecule has 10 rings (SSSR count). The highest BCUT2D eigenvalue weighted by Crippen LogP contribution is 2.43. The normalized spacial score (nSPS) is 13.5. The van der Waals surface area contributed by atoms with Crippen molar-refractivity contribution in [1.29, 1.82) is 0 Å². The van der Waals surface area contributed by atoms with Crippen molar-refractivity contribution < 1.29 is 0 Å². The molecule has 0 atom stereocenters. The van der Waals surface area contributed by atoms with Gasteiger partial charge in [0.25, 0.3) is 0 Å². The summed E-state index contributed by atoms with van der Waals surface area (Å²) in [5, 5.41) is 7.97. The maximum absolute atomic E-state index is 5.33. The van der Waals surface area contributed by atoms with Gasteiger partial charge in [-0.2, -0.15) is 0 Å². The summed E-state index contributed by atoms with van der Waals surface area (Å²) in [5.74, 6) is 0.777. The molecule has 3 nitrogen and oxygen atoms in total. The van der Waals surface area contributed by atoms with Gasteiger partial charge in [-0.1, -0.05) is 122 Å². The van der Waals surface area contributed by atoms with Crippen molar-refractivity contribution in [3.8, 4) is 39.6 Å². The SMILES string of the molecule is C[Si]1(C)c2cc(-n3c4ccccc4c4ccc5sc6ccccc6c5c43)ccc2-c2nc(-c3ccccc3)nc(-c3ccccc3)c21. The highest BCUT2D eigenvalue weighted by atomic mass is 32.1. The van der Waals surface area contributed by atoms with Crippen molar-refractivity contribution in [2.45, 2.75) is 13.1 Å². The van der Waals surface area contributed by atoms with Gasteiger partial charge in [-0.05, 0) is 46.3 Å². The molecule has 222 valence electrons. The third kappa shape index (κ3) is 3.78. The number of hydrogen-bond acceptors (Lipinski definition) is 3. The summed E-state index contributed by atoms with van der Waals surface area (Å²) >= 11 is 1.88. The summed E-state index contributed by atoms with van der Waals surface area (Å²) in [5.41, 5.74) is 9.29. The van der Waals surface area contributed by atoms with Crippen molar-refractivity contribution in [1.82, 2.24) is 14.5 Å². The van der Waals surface area contributed by atoms with Gasteiger partial charge in [0.1, 0.15) is 8.07 Å². The maximum Gasteiger partial charge on any atom is 0.160 e. The largest absolute Gasteiger partial charge is 0.309 e. The zero-order valence-corrected chi connectivity index (χ0v) is 27.8. The molecule has 1 aliphatic rings. The van der Waals surface area contributed by atoms with E-state index < -0.39 is 8.07 Å². The Morgan fingerprint density at radius 3 is 2.06 bits per heavy atom. The molecule has 0 bridgehead atoms. The van der Waals surface area contributed by atoms with Crippen LogP contribution in [0.25, 0.3) is 81.6 Å². The van der Waals surface area contributed by atoms with E-state index in [0.29, 0.717) is 0 Å². The first kappa shape index (κ1) is 26.8. The molecule has 6 aromatic carbocycles. The minimum atomic E-state index is -2.23. The van der Waals surface area contributed by atoms with E-state index in [1.54, 1.807) is 0 Å². The number of para-hydroxylation sites is 1. The monoisotopic (exact) mass is 635 g/mol. The van der Waals surface area contributed by atoms with E-state index in [-0.39, 0.29) is 0 Å². The highest BCUT2D eigenvalue weighted by Gasteiger charge is 2.42. The summed E-state index contributed by atoms with van der Waals surface area (Å²) < 4.78 is 5.16. The zero-order chi connectivity index (χ0) is 31.3. The predicted molar refractivity (Wildman–Crippen MR) is 202 cm³/mol. The molecule has 3 aromatic heterocycles. The number of aromatic nitrogens is 3. The molecular weight excluding hydrogens is 607 g/mol. The number of thiophene rings is 1. The van der Waals surface area contributed by atoms with E-state index >= 15 is 0 Å². The van der Waals surface area contributed by atoms with Crippen molar-refractivity contribution in [3.05, 3.63) is 140 Å². The minimum absolute atomic E-state index is 0.777. The first-order valence-electron chi connectivity index (χ1n) is 16.1. The van der Waals surface area contributed by atoms with Crippen molar-refractivity contribution >= 4 is 71.8 Å². The summed E-state index contributed by atoms with van der Waals surface area (Å²) in [7, 11) is -2.23. The molecule has 47 heavy (non-hydrogen) atoms. The Kier molecular flexibility index (Phi) is 5.60. The zero-order valence-electron chi connectivity index (χ0n) is 26.0. The van der Waals surface area contributed by atoms with Gasteiger partial charge < -0.3 is 4.57 Å². The summed E-state index contributed by atoms with van der Waals surface area (Å²) in [4.78, 5) is 10.6. The second kappa shape index (κ2) is 9.82. The second-order valence-electron chi connectivity index (χ2n) is 13.0. The predicted octanol–water partition coefficient (Wildman–Crippen LogP) is 10.1. The van der Waals surface area contributed by atoms with Crippen LogP contribution in [0, 0.1) is 0 Å². The summed E-state index contributed by atoms with van der Waals surface area (Å²) in [6, 6.07) is 50.5. The average Bonchev–Trinajstić information content (AvgIpc) is 3.74. The lowest BCUT2D eigenvalue weighted by Gasteiger charge is -2.22. The molecule has 0 spiro atoms. The van der Waals surface area contributed by atoms with Crippen LogP contribution in [0.3, 0.4) is 0 Å². The molecule has 0 amide bonds. The number of nitrogens with zero attached hydrogens (tertiary/aromatic N) is 3. The van der Waals surface area contributed by atoms with Crippen LogP contribution in [0.1, 0.15) is 0 Å². The van der Waals surface area contributed by atoms with Gasteiger partial charge in [0.05, 0.1) is 22.4 Å². The van der Waals surface area contributed by atoms with Crippen molar-refractivity contribution in [3.63, 3.8) is 0 Å². The molecule has 0 N–H and O–H groups in total. The van der Waals surface area contributed by atoms with Crippen LogP contribution >= 0.6 is 11.3 Å². The Balaban J connectivity index is 1.27. The Bertz CT molecular complexity index is 2710. The van der Waals surface area contributed by atoms with Gasteiger partial charge in [0.15, 0.2) is 5.82 Å². The third-order valence-corrected chi connectivity index (χ3v) is 14.6. The molecule has 5 heteroatoms. The number of rotatable bonds is 3. The van der Waals surface area contributed by atoms with E-state index in [1.807, 2.05) is 17.4 Å². The van der Waals surface area contributed by atoms with Gasteiger partial charge >= 0.3 is 0 Å². The first-order valence-corrected chi connectivity index (χ1v) is 19.9. The second-order valence-corrected chi connectivity index (χ2v) is 18.4. The van der Waals surface area contributed by atoms with E-state index in [0.717, 1.165) is 28.3 Å². The standard InChI is InChI=1S/C42H29N3SSi/c1-47(2)36-25-28(45-33-19-11-9-17-29(33)30-23-24-35-37(40(30)45)31-18-10-12-20-34(31)46-35)21-22-32(36)39-41(47)38(26-13-5-3-6-14-26)43-42(44-39)27-15-7-4-8-16-27/h3-25H,1-2H3. The van der Waals surface area contributed by atoms with Crippen LogP contribution in [0.4, 0.5) is 0 Å². The average molecular weight is 636 g/mol. The van der Waals surface area contributed by atoms with Crippen molar-refractivity contribution in [2.75, 3.05) is 0 Å². The minimum Gasteiger partial charge on any atom is -0.309 e. The Labute approximate surface area is 277 Å². The molecular formula is C42H29N3SSi. The number of hydrogen-bond donors (Lipinski definition) is 0. The molecule has 1 aliphatic heterocycles. The molecule has 0 unspecified atom stereocenters. The van der Waals surface area contributed by atoms with Gasteiger partial charge in [0.2, 0.25) is 0 Å². The van der Waals surface area contributed by atoms with Gasteiger partial charge in [-0.25, -0.2) is 9.97 Å². The molecule has 0 saturated carbocycles. The van der Waals surface area contributed by atoms with Crippen molar-refractivity contribution in [2.24, 2.45) is 0 Å². The number of fused-ring (bicyclic) bond motifs is 10. The van der Waals surface area contributed by atoms with Crippen LogP contribution in [0.15, 0.2) is 140 Å². The molecule has 0 aliphatic carbocycles. The molecule has 0 fully saturated rings. The Morgan fingerprint density at radius 1 is 0.574 bits per heavy atom. The summed E-state index contributed by atoms with van der Waals surface area (Å²) in [6.07, 6.45) is 0. The summed E-state index contributed by atoms with van der Waals surface area (Å²) in [6.45, 7) is 4.94. The van der Waals surface area contributed by atoms with E-state index in [1.165, 1.54) is 63.6 Å². The van der Waals surface area contributed by atoms with E-state index in [2.05, 4.69) is 151 Å². The van der Waals surface area contributed by atoms with Crippen LogP contribution in [0.2, 0.25) is 13.1 Å². The number of benzene rings is 6. The lowest BCUT2D eigenvalue weighted by atomic mass is 10.1. The fourth-order valence-electron chi connectivity index (χ4n) is 7.83. The quantitative estimate of drug-likeness (QED) is 0.181. The van der Waals surface area contributed by atoms with Crippen LogP contribution in [-0.4, -0.2) is 22.6 Å². The van der Waals surface area contributed by atoms with E-state index in [9.17, 15) is 0 Å². The van der Waals surface area contributed by atoms with E-state index in [4.69, 9.17) is 9.97 Å². The fraction of sp³-hybridized carbons (Fsp3) is 0.0476. The molecule has 4 heterocycles.